The van der Waals surface area contributed by atoms with Gasteiger partial charge in [-0.05, 0) is 60.9 Å². The number of nitrogens with zero attached hydrogens (tertiary/aromatic N) is 2. The lowest BCUT2D eigenvalue weighted by molar-refractivity contribution is -0.118. The van der Waals surface area contributed by atoms with Gasteiger partial charge in [0.1, 0.15) is 5.75 Å². The van der Waals surface area contributed by atoms with E-state index in [-0.39, 0.29) is 12.5 Å². The molecule has 6 nitrogen and oxygen atoms in total. The Kier molecular flexibility index (Phi) is 5.47. The maximum atomic E-state index is 11.9. The lowest BCUT2D eigenvalue weighted by Gasteiger charge is -2.19. The number of carbonyl (C=O) groups is 1. The lowest BCUT2D eigenvalue weighted by atomic mass is 10.1. The predicted molar refractivity (Wildman–Crippen MR) is 140 cm³/mol. The van der Waals surface area contributed by atoms with Crippen LogP contribution in [0.5, 0.6) is 5.75 Å². The Morgan fingerprint density at radius 2 is 2.00 bits per heavy atom. The van der Waals surface area contributed by atoms with E-state index < -0.39 is 0 Å². The number of rotatable bonds is 5. The van der Waals surface area contributed by atoms with Gasteiger partial charge in [0.25, 0.3) is 5.91 Å². The highest BCUT2D eigenvalue weighted by Crippen LogP contribution is 2.33. The average molecular weight is 481 g/mol. The van der Waals surface area contributed by atoms with Gasteiger partial charge in [0.2, 0.25) is 0 Å². The van der Waals surface area contributed by atoms with Crippen LogP contribution < -0.4 is 14.9 Å². The Morgan fingerprint density at radius 3 is 2.91 bits per heavy atom. The maximum Gasteiger partial charge on any atom is 0.262 e. The minimum absolute atomic E-state index is 0.0505. The summed E-state index contributed by atoms with van der Waals surface area (Å²) in [5.74, 6) is 0.556. The summed E-state index contributed by atoms with van der Waals surface area (Å²) in [6, 6.07) is 22.5. The van der Waals surface area contributed by atoms with E-state index >= 15 is 0 Å². The average Bonchev–Trinajstić information content (AvgIpc) is 3.46. The van der Waals surface area contributed by atoms with Crippen molar-refractivity contribution in [1.82, 2.24) is 9.55 Å². The number of aromatic nitrogens is 2. The summed E-state index contributed by atoms with van der Waals surface area (Å²) in [6.45, 7) is 2.90. The van der Waals surface area contributed by atoms with Crippen LogP contribution in [0.25, 0.3) is 22.2 Å². The summed E-state index contributed by atoms with van der Waals surface area (Å²) in [7, 11) is 0. The number of hydrogen-bond acceptors (Lipinski definition) is 4. The number of fused-ring (bicyclic) bond motifs is 2. The van der Waals surface area contributed by atoms with Crippen LogP contribution in [0, 0.1) is 6.92 Å². The Hall–Kier alpha value is -4.10. The van der Waals surface area contributed by atoms with E-state index in [1.165, 1.54) is 16.5 Å². The molecule has 0 atom stereocenters. The van der Waals surface area contributed by atoms with Crippen LogP contribution >= 0.6 is 11.3 Å². The molecule has 0 bridgehead atoms. The molecule has 3 aromatic carbocycles. The topological polar surface area (TPSA) is 71.4 Å². The molecule has 3 heterocycles. The number of carbonyl (C=O) groups excluding carboxylic acids is 1. The van der Waals surface area contributed by atoms with Gasteiger partial charge in [0.05, 0.1) is 17.1 Å². The molecule has 2 N–H and O–H groups in total. The Labute approximate surface area is 206 Å². The summed E-state index contributed by atoms with van der Waals surface area (Å²) in [5, 5.41) is 6.30. The number of thiazole rings is 1. The number of amides is 1. The van der Waals surface area contributed by atoms with Crippen LogP contribution in [0.15, 0.2) is 83.3 Å². The molecule has 1 aliphatic heterocycles. The van der Waals surface area contributed by atoms with Crippen molar-refractivity contribution in [1.29, 1.82) is 0 Å². The van der Waals surface area contributed by atoms with Crippen LogP contribution in [0.2, 0.25) is 0 Å². The second-order valence-electron chi connectivity index (χ2n) is 8.66. The van der Waals surface area contributed by atoms with Gasteiger partial charge < -0.3 is 19.6 Å². The lowest BCUT2D eigenvalue weighted by Crippen LogP contribution is -2.25. The molecule has 6 rings (SSSR count). The predicted octanol–water partition coefficient (Wildman–Crippen LogP) is 5.81. The van der Waals surface area contributed by atoms with E-state index in [2.05, 4.69) is 63.7 Å². The summed E-state index contributed by atoms with van der Waals surface area (Å²) >= 11 is 1.62. The van der Waals surface area contributed by atoms with Crippen molar-refractivity contribution in [3.8, 4) is 17.0 Å². The summed E-state index contributed by atoms with van der Waals surface area (Å²) < 4.78 is 7.82. The Balaban J connectivity index is 1.42. The van der Waals surface area contributed by atoms with Gasteiger partial charge >= 0.3 is 0 Å². The van der Waals surface area contributed by atoms with E-state index in [1.54, 1.807) is 11.3 Å². The summed E-state index contributed by atoms with van der Waals surface area (Å²) in [4.78, 5) is 21.2. The zero-order valence-electron chi connectivity index (χ0n) is 19.2. The molecule has 0 spiro atoms. The first-order chi connectivity index (χ1) is 17.1. The molecular weight excluding hydrogens is 456 g/mol. The third-order valence-electron chi connectivity index (χ3n) is 6.21. The monoisotopic (exact) mass is 480 g/mol. The number of anilines is 1. The van der Waals surface area contributed by atoms with Gasteiger partial charge in [-0.2, -0.15) is 0 Å². The number of H-pyrrole nitrogens is 1. The minimum atomic E-state index is -0.137. The molecule has 0 radical (unpaired) electrons. The standard InChI is InChI=1S/C28H24N4O2S/c1-18-5-4-6-21(13-18)30-28-32(12-11-20-15-29-23-8-3-2-7-22(20)23)25(17-35-28)19-9-10-26-24(14-19)31-27(33)16-34-26/h2-10,13-15,17,29H,11-12,16H2,1H3,(H,31,33). The summed E-state index contributed by atoms with van der Waals surface area (Å²) in [6.07, 6.45) is 2.96. The van der Waals surface area contributed by atoms with Crippen molar-refractivity contribution in [2.75, 3.05) is 11.9 Å². The summed E-state index contributed by atoms with van der Waals surface area (Å²) in [5.41, 5.74) is 7.31. The molecule has 0 saturated heterocycles. The Bertz CT molecular complexity index is 1630. The van der Waals surface area contributed by atoms with E-state index in [9.17, 15) is 4.79 Å². The van der Waals surface area contributed by atoms with E-state index in [0.717, 1.165) is 40.2 Å². The second kappa shape index (κ2) is 8.92. The van der Waals surface area contributed by atoms with Crippen molar-refractivity contribution in [2.24, 2.45) is 4.99 Å². The van der Waals surface area contributed by atoms with Gasteiger partial charge in [-0.3, -0.25) is 4.79 Å². The van der Waals surface area contributed by atoms with E-state index in [1.807, 2.05) is 36.4 Å². The normalized spacial score (nSPS) is 13.5. The van der Waals surface area contributed by atoms with Crippen LogP contribution in [0.1, 0.15) is 11.1 Å². The first-order valence-electron chi connectivity index (χ1n) is 11.6. The van der Waals surface area contributed by atoms with Gasteiger partial charge in [-0.25, -0.2) is 4.99 Å². The van der Waals surface area contributed by atoms with E-state index in [4.69, 9.17) is 9.73 Å². The number of ether oxygens (including phenoxy) is 1. The molecule has 5 aromatic rings. The molecule has 0 fully saturated rings. The highest BCUT2D eigenvalue weighted by Gasteiger charge is 2.18. The van der Waals surface area contributed by atoms with Gasteiger partial charge in [-0.1, -0.05) is 30.3 Å². The highest BCUT2D eigenvalue weighted by molar-refractivity contribution is 7.07. The molecule has 2 aromatic heterocycles. The van der Waals surface area contributed by atoms with Gasteiger partial charge in [-0.15, -0.1) is 11.3 Å². The number of benzene rings is 3. The van der Waals surface area contributed by atoms with Crippen molar-refractivity contribution in [3.05, 3.63) is 94.2 Å². The van der Waals surface area contributed by atoms with Crippen molar-refractivity contribution in [3.63, 3.8) is 0 Å². The molecule has 7 heteroatoms. The molecule has 1 amide bonds. The van der Waals surface area contributed by atoms with Gasteiger partial charge in [0.15, 0.2) is 11.4 Å². The SMILES string of the molecule is Cc1cccc(N=c2scc(-c3ccc4c(c3)NC(=O)CO4)n2CCc2c[nH]c3ccccc23)c1. The number of para-hydroxylation sites is 1. The minimum Gasteiger partial charge on any atom is -0.482 e. The third-order valence-corrected chi connectivity index (χ3v) is 7.08. The largest absolute Gasteiger partial charge is 0.482 e. The second-order valence-corrected chi connectivity index (χ2v) is 9.50. The number of nitrogens with one attached hydrogen (secondary N) is 2. The molecule has 1 aliphatic rings. The third kappa shape index (κ3) is 4.26. The molecule has 35 heavy (non-hydrogen) atoms. The molecule has 0 unspecified atom stereocenters. The zero-order chi connectivity index (χ0) is 23.8. The van der Waals surface area contributed by atoms with Crippen molar-refractivity contribution >= 4 is 39.5 Å². The van der Waals surface area contributed by atoms with Crippen molar-refractivity contribution < 1.29 is 9.53 Å². The Morgan fingerprint density at radius 1 is 1.09 bits per heavy atom. The maximum absolute atomic E-state index is 11.9. The number of aromatic amines is 1. The quantitative estimate of drug-likeness (QED) is 0.333. The first kappa shape index (κ1) is 21.4. The van der Waals surface area contributed by atoms with Crippen LogP contribution in [-0.2, 0) is 17.8 Å². The number of aryl methyl sites for hydroxylation is 2. The fourth-order valence-electron chi connectivity index (χ4n) is 4.49. The number of hydrogen-bond donors (Lipinski definition) is 2. The van der Waals surface area contributed by atoms with Crippen LogP contribution in [0.4, 0.5) is 11.4 Å². The van der Waals surface area contributed by atoms with E-state index in [0.29, 0.717) is 11.4 Å². The first-order valence-corrected chi connectivity index (χ1v) is 12.4. The highest BCUT2D eigenvalue weighted by atomic mass is 32.1. The van der Waals surface area contributed by atoms with Crippen LogP contribution in [-0.4, -0.2) is 22.1 Å². The molecule has 0 aliphatic carbocycles. The van der Waals surface area contributed by atoms with Gasteiger partial charge in [0, 0.05) is 34.6 Å². The van der Waals surface area contributed by atoms with Crippen LogP contribution in [0.3, 0.4) is 0 Å². The fraction of sp³-hybridized carbons (Fsp3) is 0.143. The molecule has 0 saturated carbocycles. The molecule has 174 valence electrons. The zero-order valence-corrected chi connectivity index (χ0v) is 20.1. The molecular formula is C28H24N4O2S. The smallest absolute Gasteiger partial charge is 0.262 e. The fourth-order valence-corrected chi connectivity index (χ4v) is 5.44. The van der Waals surface area contributed by atoms with Crippen molar-refractivity contribution in [2.45, 2.75) is 19.9 Å².